The highest BCUT2D eigenvalue weighted by Gasteiger charge is 2.38. The number of carbonyl (C=O) groups is 2. The average molecular weight is 291 g/mol. The van der Waals surface area contributed by atoms with E-state index in [1.165, 1.54) is 4.90 Å². The lowest BCUT2D eigenvalue weighted by Gasteiger charge is -2.16. The van der Waals surface area contributed by atoms with Crippen molar-refractivity contribution < 1.29 is 9.59 Å². The molecule has 3 heteroatoms. The zero-order chi connectivity index (χ0) is 15.1. The van der Waals surface area contributed by atoms with Gasteiger partial charge in [0.15, 0.2) is 0 Å². The molecular formula is C19H17NO2. The van der Waals surface area contributed by atoms with Crippen molar-refractivity contribution in [2.45, 2.75) is 32.2 Å². The van der Waals surface area contributed by atoms with Crippen LogP contribution in [0.3, 0.4) is 0 Å². The third kappa shape index (κ3) is 1.97. The Bertz CT molecular complexity index is 786. The van der Waals surface area contributed by atoms with Gasteiger partial charge in [0.25, 0.3) is 11.8 Å². The standard InChI is InChI=1S/C19H17NO2/c21-18-16-10-3-4-11-17(16)19(22)20(18)12-14-8-5-7-13-6-1-2-9-15(13)14/h1-2,5-9H,3-4,10-12H2. The molecule has 0 N–H and O–H groups in total. The van der Waals surface area contributed by atoms with E-state index >= 15 is 0 Å². The number of imide groups is 1. The third-order valence-electron chi connectivity index (χ3n) is 4.68. The Balaban J connectivity index is 1.69. The Morgan fingerprint density at radius 3 is 2.18 bits per heavy atom. The Kier molecular flexibility index (Phi) is 3.07. The second-order valence-electron chi connectivity index (χ2n) is 6.00. The molecule has 0 aromatic heterocycles. The van der Waals surface area contributed by atoms with Gasteiger partial charge in [0.05, 0.1) is 6.54 Å². The number of benzene rings is 2. The van der Waals surface area contributed by atoms with Crippen LogP contribution in [0.4, 0.5) is 0 Å². The first-order chi connectivity index (χ1) is 10.8. The lowest BCUT2D eigenvalue weighted by molar-refractivity contribution is -0.138. The van der Waals surface area contributed by atoms with Crippen LogP contribution >= 0.6 is 0 Å². The Morgan fingerprint density at radius 2 is 1.45 bits per heavy atom. The molecule has 0 fully saturated rings. The second kappa shape index (κ2) is 5.09. The van der Waals surface area contributed by atoms with Crippen LogP contribution in [-0.4, -0.2) is 16.7 Å². The van der Waals surface area contributed by atoms with Crippen molar-refractivity contribution in [1.29, 1.82) is 0 Å². The molecule has 1 heterocycles. The van der Waals surface area contributed by atoms with E-state index in [0.29, 0.717) is 6.54 Å². The Labute approximate surface area is 129 Å². The zero-order valence-electron chi connectivity index (χ0n) is 12.3. The van der Waals surface area contributed by atoms with E-state index in [0.717, 1.165) is 53.2 Å². The van der Waals surface area contributed by atoms with Crippen LogP contribution in [0.5, 0.6) is 0 Å². The van der Waals surface area contributed by atoms with E-state index in [9.17, 15) is 9.59 Å². The lowest BCUT2D eigenvalue weighted by atomic mass is 9.93. The Morgan fingerprint density at radius 1 is 0.818 bits per heavy atom. The summed E-state index contributed by atoms with van der Waals surface area (Å²) in [4.78, 5) is 26.5. The molecule has 110 valence electrons. The first kappa shape index (κ1) is 13.3. The minimum Gasteiger partial charge on any atom is -0.270 e. The van der Waals surface area contributed by atoms with Gasteiger partial charge < -0.3 is 0 Å². The molecule has 4 rings (SSSR count). The van der Waals surface area contributed by atoms with Crippen LogP contribution in [0.2, 0.25) is 0 Å². The Hall–Kier alpha value is -2.42. The van der Waals surface area contributed by atoms with Crippen molar-refractivity contribution in [2.24, 2.45) is 0 Å². The van der Waals surface area contributed by atoms with Gasteiger partial charge in [-0.1, -0.05) is 42.5 Å². The molecule has 0 bridgehead atoms. The summed E-state index contributed by atoms with van der Waals surface area (Å²) < 4.78 is 0. The summed E-state index contributed by atoms with van der Waals surface area (Å²) in [5, 5.41) is 2.24. The minimum atomic E-state index is -0.0763. The summed E-state index contributed by atoms with van der Waals surface area (Å²) in [7, 11) is 0. The van der Waals surface area contributed by atoms with E-state index in [2.05, 4.69) is 12.1 Å². The van der Waals surface area contributed by atoms with Crippen LogP contribution in [0.15, 0.2) is 53.6 Å². The second-order valence-corrected chi connectivity index (χ2v) is 6.00. The van der Waals surface area contributed by atoms with Crippen molar-refractivity contribution in [3.8, 4) is 0 Å². The van der Waals surface area contributed by atoms with E-state index in [1.54, 1.807) is 0 Å². The van der Waals surface area contributed by atoms with Gasteiger partial charge in [-0.2, -0.15) is 0 Å². The molecule has 2 amide bonds. The normalized spacial score (nSPS) is 18.3. The number of amides is 2. The number of rotatable bonds is 2. The lowest BCUT2D eigenvalue weighted by Crippen LogP contribution is -2.31. The minimum absolute atomic E-state index is 0.0763. The topological polar surface area (TPSA) is 37.4 Å². The third-order valence-corrected chi connectivity index (χ3v) is 4.68. The summed E-state index contributed by atoms with van der Waals surface area (Å²) in [6, 6.07) is 14.1. The molecule has 1 aliphatic carbocycles. The summed E-state index contributed by atoms with van der Waals surface area (Å²) >= 11 is 0. The van der Waals surface area contributed by atoms with E-state index in [4.69, 9.17) is 0 Å². The van der Waals surface area contributed by atoms with Crippen molar-refractivity contribution in [1.82, 2.24) is 4.90 Å². The molecular weight excluding hydrogens is 274 g/mol. The summed E-state index contributed by atoms with van der Waals surface area (Å²) in [6.07, 6.45) is 3.54. The van der Waals surface area contributed by atoms with Gasteiger partial charge in [-0.25, -0.2) is 0 Å². The fourth-order valence-electron chi connectivity index (χ4n) is 3.54. The maximum absolute atomic E-state index is 12.5. The molecule has 0 saturated carbocycles. The number of fused-ring (bicyclic) bond motifs is 1. The first-order valence-corrected chi connectivity index (χ1v) is 7.80. The fraction of sp³-hybridized carbons (Fsp3) is 0.263. The molecule has 0 unspecified atom stereocenters. The maximum Gasteiger partial charge on any atom is 0.257 e. The summed E-state index contributed by atoms with van der Waals surface area (Å²) in [6.45, 7) is 0.367. The molecule has 22 heavy (non-hydrogen) atoms. The predicted octanol–water partition coefficient (Wildman–Crippen LogP) is 3.58. The van der Waals surface area contributed by atoms with Crippen molar-refractivity contribution in [2.75, 3.05) is 0 Å². The number of nitrogens with zero attached hydrogens (tertiary/aromatic N) is 1. The molecule has 2 aliphatic rings. The largest absolute Gasteiger partial charge is 0.270 e. The van der Waals surface area contributed by atoms with Gasteiger partial charge in [-0.05, 0) is 42.0 Å². The van der Waals surface area contributed by atoms with E-state index in [1.807, 2.05) is 30.3 Å². The molecule has 0 atom stereocenters. The quantitative estimate of drug-likeness (QED) is 0.793. The van der Waals surface area contributed by atoms with Gasteiger partial charge >= 0.3 is 0 Å². The fourth-order valence-corrected chi connectivity index (χ4v) is 3.54. The van der Waals surface area contributed by atoms with Crippen molar-refractivity contribution in [3.05, 3.63) is 59.2 Å². The molecule has 0 saturated heterocycles. The van der Waals surface area contributed by atoms with Gasteiger partial charge in [0.1, 0.15) is 0 Å². The van der Waals surface area contributed by atoms with Crippen LogP contribution in [-0.2, 0) is 16.1 Å². The molecule has 3 nitrogen and oxygen atoms in total. The molecule has 0 radical (unpaired) electrons. The molecule has 1 aliphatic heterocycles. The number of carbonyl (C=O) groups excluding carboxylic acids is 2. The van der Waals surface area contributed by atoms with E-state index in [-0.39, 0.29) is 11.8 Å². The monoisotopic (exact) mass is 291 g/mol. The summed E-state index contributed by atoms with van der Waals surface area (Å²) in [5.41, 5.74) is 2.55. The van der Waals surface area contributed by atoms with E-state index < -0.39 is 0 Å². The van der Waals surface area contributed by atoms with Gasteiger partial charge in [0, 0.05) is 11.1 Å². The van der Waals surface area contributed by atoms with Crippen molar-refractivity contribution in [3.63, 3.8) is 0 Å². The van der Waals surface area contributed by atoms with Crippen LogP contribution in [0, 0.1) is 0 Å². The first-order valence-electron chi connectivity index (χ1n) is 7.80. The number of hydrogen-bond acceptors (Lipinski definition) is 2. The number of hydrogen-bond donors (Lipinski definition) is 0. The van der Waals surface area contributed by atoms with Crippen LogP contribution < -0.4 is 0 Å². The van der Waals surface area contributed by atoms with Gasteiger partial charge in [-0.3, -0.25) is 14.5 Å². The highest BCUT2D eigenvalue weighted by atomic mass is 16.2. The zero-order valence-corrected chi connectivity index (χ0v) is 12.3. The smallest absolute Gasteiger partial charge is 0.257 e. The van der Waals surface area contributed by atoms with Crippen molar-refractivity contribution >= 4 is 22.6 Å². The maximum atomic E-state index is 12.5. The highest BCUT2D eigenvalue weighted by molar-refractivity contribution is 6.19. The molecule has 2 aromatic rings. The predicted molar refractivity (Wildman–Crippen MR) is 85.0 cm³/mol. The van der Waals surface area contributed by atoms with Crippen LogP contribution in [0.1, 0.15) is 31.2 Å². The summed E-state index contributed by atoms with van der Waals surface area (Å²) in [5.74, 6) is -0.153. The van der Waals surface area contributed by atoms with Gasteiger partial charge in [0.2, 0.25) is 0 Å². The SMILES string of the molecule is O=C1C2=C(CCCC2)C(=O)N1Cc1cccc2ccccc12. The molecule has 0 spiro atoms. The van der Waals surface area contributed by atoms with Gasteiger partial charge in [-0.15, -0.1) is 0 Å². The molecule has 2 aromatic carbocycles. The average Bonchev–Trinajstić information content (AvgIpc) is 2.81. The highest BCUT2D eigenvalue weighted by Crippen LogP contribution is 2.34. The van der Waals surface area contributed by atoms with Crippen LogP contribution in [0.25, 0.3) is 10.8 Å².